The van der Waals surface area contributed by atoms with Crippen molar-refractivity contribution < 1.29 is 23.1 Å². The number of nitrogens with one attached hydrogen (secondary N) is 2. The van der Waals surface area contributed by atoms with E-state index in [1.165, 1.54) is 11.8 Å². The number of nitrogens with zero attached hydrogens (tertiary/aromatic N) is 1. The van der Waals surface area contributed by atoms with E-state index < -0.39 is 33.1 Å². The van der Waals surface area contributed by atoms with E-state index in [1.807, 2.05) is 0 Å². The molecule has 0 aliphatic carbocycles. The highest BCUT2D eigenvalue weighted by molar-refractivity contribution is 7.88. The molecule has 1 saturated heterocycles. The number of carboxylic acids is 1. The van der Waals surface area contributed by atoms with Gasteiger partial charge in [-0.25, -0.2) is 22.7 Å². The maximum Gasteiger partial charge on any atom is 0.329 e. The Morgan fingerprint density at radius 2 is 1.95 bits per heavy atom. The van der Waals surface area contributed by atoms with Crippen molar-refractivity contribution in [1.82, 2.24) is 14.9 Å². The molecule has 0 aromatic rings. The van der Waals surface area contributed by atoms with E-state index in [-0.39, 0.29) is 6.54 Å². The number of hydrogen-bond acceptors (Lipinski definition) is 4. The van der Waals surface area contributed by atoms with Crippen molar-refractivity contribution in [2.45, 2.75) is 44.7 Å². The van der Waals surface area contributed by atoms with Crippen LogP contribution in [-0.2, 0) is 14.8 Å². The molecule has 1 fully saturated rings. The average molecular weight is 321 g/mol. The van der Waals surface area contributed by atoms with Gasteiger partial charge < -0.3 is 15.3 Å². The first kappa shape index (κ1) is 17.7. The van der Waals surface area contributed by atoms with Gasteiger partial charge in [0.05, 0.1) is 6.26 Å². The molecule has 8 nitrogen and oxygen atoms in total. The Kier molecular flexibility index (Phi) is 4.89. The molecule has 0 aromatic carbocycles. The normalized spacial score (nSPS) is 23.1. The van der Waals surface area contributed by atoms with Crippen molar-refractivity contribution in [3.8, 4) is 0 Å². The Morgan fingerprint density at radius 1 is 1.38 bits per heavy atom. The Hall–Kier alpha value is -1.35. The molecule has 0 radical (unpaired) electrons. The molecule has 0 bridgehead atoms. The largest absolute Gasteiger partial charge is 0.480 e. The summed E-state index contributed by atoms with van der Waals surface area (Å²) in [5.41, 5.74) is -2.07. The van der Waals surface area contributed by atoms with E-state index in [2.05, 4.69) is 10.0 Å². The van der Waals surface area contributed by atoms with Gasteiger partial charge in [-0.05, 0) is 33.6 Å². The third-order valence-electron chi connectivity index (χ3n) is 3.49. The number of carbonyl (C=O) groups excluding carboxylic acids is 1. The van der Waals surface area contributed by atoms with Crippen LogP contribution in [0.25, 0.3) is 0 Å². The van der Waals surface area contributed by atoms with Crippen LogP contribution in [0.15, 0.2) is 0 Å². The fourth-order valence-corrected chi connectivity index (χ4v) is 3.52. The Balaban J connectivity index is 2.68. The predicted octanol–water partition coefficient (Wildman–Crippen LogP) is -0.0371. The fourth-order valence-electron chi connectivity index (χ4n) is 2.44. The Bertz CT molecular complexity index is 531. The highest BCUT2D eigenvalue weighted by Gasteiger charge is 2.46. The van der Waals surface area contributed by atoms with E-state index in [9.17, 15) is 23.1 Å². The molecule has 1 aliphatic rings. The van der Waals surface area contributed by atoms with Crippen LogP contribution in [0, 0.1) is 0 Å². The molecule has 0 spiro atoms. The molecular formula is C12H23N3O5S. The highest BCUT2D eigenvalue weighted by atomic mass is 32.2. The van der Waals surface area contributed by atoms with Crippen LogP contribution in [0.1, 0.15) is 33.6 Å². The van der Waals surface area contributed by atoms with Crippen LogP contribution >= 0.6 is 0 Å². The number of amides is 2. The SMILES string of the molecule is CC(C)(CNC(=O)N1CCCC1(C)C(=O)O)NS(C)(=O)=O. The van der Waals surface area contributed by atoms with Crippen molar-refractivity contribution in [3.05, 3.63) is 0 Å². The predicted molar refractivity (Wildman–Crippen MR) is 77.4 cm³/mol. The first-order valence-corrected chi connectivity index (χ1v) is 8.54. The Labute approximate surface area is 124 Å². The third kappa shape index (κ3) is 4.57. The van der Waals surface area contributed by atoms with Crippen LogP contribution in [0.2, 0.25) is 0 Å². The van der Waals surface area contributed by atoms with Gasteiger partial charge >= 0.3 is 12.0 Å². The van der Waals surface area contributed by atoms with Crippen LogP contribution < -0.4 is 10.0 Å². The monoisotopic (exact) mass is 321 g/mol. The summed E-state index contributed by atoms with van der Waals surface area (Å²) < 4.78 is 24.9. The zero-order valence-electron chi connectivity index (χ0n) is 12.8. The summed E-state index contributed by atoms with van der Waals surface area (Å²) in [7, 11) is -3.39. The molecule has 1 unspecified atom stereocenters. The molecule has 1 rings (SSSR count). The van der Waals surface area contributed by atoms with Gasteiger partial charge in [0.25, 0.3) is 0 Å². The second-order valence-electron chi connectivity index (χ2n) is 6.25. The van der Waals surface area contributed by atoms with Gasteiger partial charge in [0.2, 0.25) is 10.0 Å². The summed E-state index contributed by atoms with van der Waals surface area (Å²) in [6.07, 6.45) is 2.07. The number of rotatable bonds is 5. The van der Waals surface area contributed by atoms with Crippen molar-refractivity contribution in [2.24, 2.45) is 0 Å². The summed E-state index contributed by atoms with van der Waals surface area (Å²) in [5.74, 6) is -1.04. The van der Waals surface area contributed by atoms with Crippen molar-refractivity contribution >= 4 is 22.0 Å². The van der Waals surface area contributed by atoms with Crippen LogP contribution in [0.5, 0.6) is 0 Å². The van der Waals surface area contributed by atoms with E-state index in [0.717, 1.165) is 6.26 Å². The molecule has 1 aliphatic heterocycles. The highest BCUT2D eigenvalue weighted by Crippen LogP contribution is 2.29. The van der Waals surface area contributed by atoms with Crippen molar-refractivity contribution in [1.29, 1.82) is 0 Å². The number of carboxylic acid groups (broad SMARTS) is 1. The number of sulfonamides is 1. The molecule has 1 heterocycles. The molecule has 0 aromatic heterocycles. The second kappa shape index (κ2) is 5.80. The maximum absolute atomic E-state index is 12.2. The quantitative estimate of drug-likeness (QED) is 0.657. The van der Waals surface area contributed by atoms with Gasteiger partial charge in [-0.15, -0.1) is 0 Å². The number of urea groups is 1. The molecule has 3 N–H and O–H groups in total. The number of likely N-dealkylation sites (tertiary alicyclic amines) is 1. The van der Waals surface area contributed by atoms with E-state index in [4.69, 9.17) is 0 Å². The molecule has 21 heavy (non-hydrogen) atoms. The summed E-state index contributed by atoms with van der Waals surface area (Å²) in [4.78, 5) is 24.7. The molecule has 0 saturated carbocycles. The summed E-state index contributed by atoms with van der Waals surface area (Å²) in [5, 5.41) is 11.9. The van der Waals surface area contributed by atoms with Crippen LogP contribution in [0.3, 0.4) is 0 Å². The maximum atomic E-state index is 12.2. The zero-order valence-corrected chi connectivity index (χ0v) is 13.6. The van der Waals surface area contributed by atoms with E-state index >= 15 is 0 Å². The van der Waals surface area contributed by atoms with Crippen molar-refractivity contribution in [3.63, 3.8) is 0 Å². The minimum Gasteiger partial charge on any atom is -0.480 e. The van der Waals surface area contributed by atoms with Crippen LogP contribution in [0.4, 0.5) is 4.79 Å². The topological polar surface area (TPSA) is 116 Å². The lowest BCUT2D eigenvalue weighted by molar-refractivity contribution is -0.147. The summed E-state index contributed by atoms with van der Waals surface area (Å²) >= 11 is 0. The lowest BCUT2D eigenvalue weighted by atomic mass is 10.00. The van der Waals surface area contributed by atoms with Gasteiger partial charge in [0.15, 0.2) is 0 Å². The van der Waals surface area contributed by atoms with Crippen molar-refractivity contribution in [2.75, 3.05) is 19.3 Å². The molecule has 122 valence electrons. The standard InChI is InChI=1S/C12H23N3O5S/c1-11(2,14-21(4,19)20)8-13-10(18)15-7-5-6-12(15,3)9(16)17/h14H,5-8H2,1-4H3,(H,13,18)(H,16,17). The number of hydrogen-bond donors (Lipinski definition) is 3. The number of aliphatic carboxylic acids is 1. The minimum absolute atomic E-state index is 0.0606. The first-order valence-electron chi connectivity index (χ1n) is 6.65. The van der Waals surface area contributed by atoms with Gasteiger partial charge in [0, 0.05) is 18.6 Å². The first-order chi connectivity index (χ1) is 9.37. The summed E-state index contributed by atoms with van der Waals surface area (Å²) in [6.45, 7) is 5.21. The lowest BCUT2D eigenvalue weighted by Gasteiger charge is -2.33. The fraction of sp³-hybridized carbons (Fsp3) is 0.833. The number of carbonyl (C=O) groups is 2. The van der Waals surface area contributed by atoms with Gasteiger partial charge in [0.1, 0.15) is 5.54 Å². The molecule has 9 heteroatoms. The molecule has 1 atom stereocenters. The Morgan fingerprint density at radius 3 is 2.43 bits per heavy atom. The molecular weight excluding hydrogens is 298 g/mol. The third-order valence-corrected chi connectivity index (χ3v) is 4.41. The molecule has 2 amide bonds. The minimum atomic E-state index is -3.39. The van der Waals surface area contributed by atoms with Gasteiger partial charge in [-0.2, -0.15) is 0 Å². The smallest absolute Gasteiger partial charge is 0.329 e. The van der Waals surface area contributed by atoms with E-state index in [1.54, 1.807) is 13.8 Å². The van der Waals surface area contributed by atoms with Crippen LogP contribution in [-0.4, -0.2) is 60.8 Å². The average Bonchev–Trinajstić information content (AvgIpc) is 2.66. The second-order valence-corrected chi connectivity index (χ2v) is 8.00. The lowest BCUT2D eigenvalue weighted by Crippen LogP contribution is -2.57. The van der Waals surface area contributed by atoms with E-state index in [0.29, 0.717) is 19.4 Å². The van der Waals surface area contributed by atoms with Gasteiger partial charge in [-0.3, -0.25) is 0 Å². The van der Waals surface area contributed by atoms with Gasteiger partial charge in [-0.1, -0.05) is 0 Å². The zero-order chi connectivity index (χ0) is 16.5. The summed E-state index contributed by atoms with van der Waals surface area (Å²) in [6, 6.07) is -0.499.